The van der Waals surface area contributed by atoms with Gasteiger partial charge in [-0.2, -0.15) is 0 Å². The summed E-state index contributed by atoms with van der Waals surface area (Å²) in [5, 5.41) is 0.596. The van der Waals surface area contributed by atoms with Crippen LogP contribution >= 0.6 is 23.2 Å². The molecule has 1 unspecified atom stereocenters. The van der Waals surface area contributed by atoms with Crippen LogP contribution in [0.4, 0.5) is 0 Å². The first-order chi connectivity index (χ1) is 4.70. The third-order valence-corrected chi connectivity index (χ3v) is 1.60. The quantitative estimate of drug-likeness (QED) is 0.599. The van der Waals surface area contributed by atoms with Crippen LogP contribution in [0.3, 0.4) is 0 Å². The maximum atomic E-state index is 5.75. The SMILES string of the molecule is CC(Cl)c1ccc(Cl)cn1. The van der Waals surface area contributed by atoms with Gasteiger partial charge in [0.25, 0.3) is 0 Å². The largest absolute Gasteiger partial charge is 0.258 e. The Balaban J connectivity index is 2.89. The molecule has 0 fully saturated rings. The van der Waals surface area contributed by atoms with Crippen LogP contribution in [-0.4, -0.2) is 4.98 Å². The molecule has 0 aliphatic heterocycles. The van der Waals surface area contributed by atoms with E-state index in [-0.39, 0.29) is 5.38 Å². The van der Waals surface area contributed by atoms with Gasteiger partial charge < -0.3 is 0 Å². The third-order valence-electron chi connectivity index (χ3n) is 1.16. The average Bonchev–Trinajstić information content (AvgIpc) is 1.88. The van der Waals surface area contributed by atoms with E-state index < -0.39 is 0 Å². The number of alkyl halides is 1. The Morgan fingerprint density at radius 2 is 2.20 bits per heavy atom. The fourth-order valence-electron chi connectivity index (χ4n) is 0.623. The molecule has 1 nitrogen and oxygen atoms in total. The normalized spacial score (nSPS) is 13.1. The Hall–Kier alpha value is -0.270. The molecule has 0 amide bonds. The number of hydrogen-bond donors (Lipinski definition) is 0. The van der Waals surface area contributed by atoms with E-state index in [9.17, 15) is 0 Å². The van der Waals surface area contributed by atoms with E-state index in [0.717, 1.165) is 5.69 Å². The number of nitrogens with zero attached hydrogens (tertiary/aromatic N) is 1. The van der Waals surface area contributed by atoms with E-state index >= 15 is 0 Å². The Kier molecular flexibility index (Phi) is 2.52. The summed E-state index contributed by atoms with van der Waals surface area (Å²) in [6.07, 6.45) is 1.59. The van der Waals surface area contributed by atoms with Gasteiger partial charge in [0.1, 0.15) is 0 Å². The lowest BCUT2D eigenvalue weighted by Gasteiger charge is -1.99. The minimum absolute atomic E-state index is 0.0442. The molecule has 1 aromatic rings. The third kappa shape index (κ3) is 1.86. The number of pyridine rings is 1. The van der Waals surface area contributed by atoms with Crippen LogP contribution in [0.25, 0.3) is 0 Å². The number of rotatable bonds is 1. The summed E-state index contributed by atoms with van der Waals surface area (Å²) in [5.74, 6) is 0. The van der Waals surface area contributed by atoms with Gasteiger partial charge in [0.2, 0.25) is 0 Å². The zero-order valence-electron chi connectivity index (χ0n) is 5.51. The summed E-state index contributed by atoms with van der Waals surface area (Å²) >= 11 is 11.4. The predicted octanol–water partition coefficient (Wildman–Crippen LogP) is 3.03. The first-order valence-corrected chi connectivity index (χ1v) is 3.77. The van der Waals surface area contributed by atoms with Crippen molar-refractivity contribution in [3.05, 3.63) is 29.0 Å². The molecule has 0 saturated carbocycles. The van der Waals surface area contributed by atoms with Gasteiger partial charge in [0.15, 0.2) is 0 Å². The molecule has 0 aromatic carbocycles. The summed E-state index contributed by atoms with van der Waals surface area (Å²) in [7, 11) is 0. The van der Waals surface area contributed by atoms with E-state index in [0.29, 0.717) is 5.02 Å². The molecule has 0 N–H and O–H groups in total. The summed E-state index contributed by atoms with van der Waals surface area (Å²) in [5.41, 5.74) is 0.853. The number of hydrogen-bond acceptors (Lipinski definition) is 1. The Labute approximate surface area is 70.0 Å². The van der Waals surface area contributed by atoms with Crippen LogP contribution in [0, 0.1) is 0 Å². The second-order valence-electron chi connectivity index (χ2n) is 2.02. The Morgan fingerprint density at radius 1 is 1.50 bits per heavy atom. The van der Waals surface area contributed by atoms with Crippen LogP contribution < -0.4 is 0 Å². The lowest BCUT2D eigenvalue weighted by Crippen LogP contribution is -1.87. The van der Waals surface area contributed by atoms with Gasteiger partial charge in [-0.1, -0.05) is 11.6 Å². The lowest BCUT2D eigenvalue weighted by molar-refractivity contribution is 0.996. The molecule has 0 aliphatic rings. The average molecular weight is 176 g/mol. The molecule has 10 heavy (non-hydrogen) atoms. The first-order valence-electron chi connectivity index (χ1n) is 2.95. The van der Waals surface area contributed by atoms with E-state index in [1.807, 2.05) is 13.0 Å². The fraction of sp³-hybridized carbons (Fsp3) is 0.286. The van der Waals surface area contributed by atoms with Crippen molar-refractivity contribution in [2.24, 2.45) is 0 Å². The van der Waals surface area contributed by atoms with E-state index in [1.54, 1.807) is 12.3 Å². The molecule has 0 saturated heterocycles. The molecule has 1 aromatic heterocycles. The molecule has 1 atom stereocenters. The van der Waals surface area contributed by atoms with Crippen LogP contribution in [0.2, 0.25) is 5.02 Å². The fourth-order valence-corrected chi connectivity index (χ4v) is 0.863. The van der Waals surface area contributed by atoms with Gasteiger partial charge >= 0.3 is 0 Å². The summed E-state index contributed by atoms with van der Waals surface area (Å²) in [6.45, 7) is 1.87. The topological polar surface area (TPSA) is 12.9 Å². The molecule has 0 radical (unpaired) electrons. The standard InChI is InChI=1S/C7H7Cl2N/c1-5(8)7-3-2-6(9)4-10-7/h2-5H,1H3. The molecular weight excluding hydrogens is 169 g/mol. The van der Waals surface area contributed by atoms with E-state index in [4.69, 9.17) is 23.2 Å². The molecular formula is C7H7Cl2N. The second kappa shape index (κ2) is 3.22. The molecule has 0 spiro atoms. The summed E-state index contributed by atoms with van der Waals surface area (Å²) in [6, 6.07) is 3.60. The highest BCUT2D eigenvalue weighted by Crippen LogP contribution is 2.17. The zero-order valence-corrected chi connectivity index (χ0v) is 7.02. The van der Waals surface area contributed by atoms with E-state index in [2.05, 4.69) is 4.98 Å². The van der Waals surface area contributed by atoms with Crippen molar-refractivity contribution < 1.29 is 0 Å². The second-order valence-corrected chi connectivity index (χ2v) is 3.11. The number of halogens is 2. The van der Waals surface area contributed by atoms with Gasteiger partial charge in [-0.05, 0) is 19.1 Å². The summed E-state index contributed by atoms with van der Waals surface area (Å²) < 4.78 is 0. The van der Waals surface area contributed by atoms with Crippen LogP contribution in [0.5, 0.6) is 0 Å². The van der Waals surface area contributed by atoms with Gasteiger partial charge in [0.05, 0.1) is 16.1 Å². The van der Waals surface area contributed by atoms with E-state index in [1.165, 1.54) is 0 Å². The molecule has 0 bridgehead atoms. The van der Waals surface area contributed by atoms with Crippen molar-refractivity contribution in [2.75, 3.05) is 0 Å². The molecule has 1 heterocycles. The van der Waals surface area contributed by atoms with Crippen molar-refractivity contribution in [1.29, 1.82) is 0 Å². The maximum Gasteiger partial charge on any atom is 0.0729 e. The van der Waals surface area contributed by atoms with Crippen molar-refractivity contribution in [3.63, 3.8) is 0 Å². The van der Waals surface area contributed by atoms with Crippen LogP contribution in [0.1, 0.15) is 18.0 Å². The highest BCUT2D eigenvalue weighted by molar-refractivity contribution is 6.30. The van der Waals surface area contributed by atoms with Gasteiger partial charge in [0, 0.05) is 6.20 Å². The Morgan fingerprint density at radius 3 is 2.60 bits per heavy atom. The minimum atomic E-state index is -0.0442. The van der Waals surface area contributed by atoms with Gasteiger partial charge in [-0.3, -0.25) is 4.98 Å². The molecule has 54 valence electrons. The molecule has 1 rings (SSSR count). The van der Waals surface area contributed by atoms with Crippen molar-refractivity contribution in [3.8, 4) is 0 Å². The molecule has 0 aliphatic carbocycles. The monoisotopic (exact) mass is 175 g/mol. The molecule has 3 heteroatoms. The van der Waals surface area contributed by atoms with Crippen molar-refractivity contribution in [1.82, 2.24) is 4.98 Å². The Bertz CT molecular complexity index is 205. The highest BCUT2D eigenvalue weighted by atomic mass is 35.5. The van der Waals surface area contributed by atoms with Crippen LogP contribution in [0.15, 0.2) is 18.3 Å². The lowest BCUT2D eigenvalue weighted by atomic mass is 10.3. The smallest absolute Gasteiger partial charge is 0.0729 e. The number of aromatic nitrogens is 1. The van der Waals surface area contributed by atoms with Gasteiger partial charge in [-0.15, -0.1) is 11.6 Å². The first kappa shape index (κ1) is 7.83. The van der Waals surface area contributed by atoms with Crippen molar-refractivity contribution >= 4 is 23.2 Å². The zero-order chi connectivity index (χ0) is 7.56. The van der Waals surface area contributed by atoms with Crippen LogP contribution in [-0.2, 0) is 0 Å². The van der Waals surface area contributed by atoms with Gasteiger partial charge in [-0.25, -0.2) is 0 Å². The highest BCUT2D eigenvalue weighted by Gasteiger charge is 2.00. The predicted molar refractivity (Wildman–Crippen MR) is 43.5 cm³/mol. The maximum absolute atomic E-state index is 5.75. The summed E-state index contributed by atoms with van der Waals surface area (Å²) in [4.78, 5) is 4.01. The van der Waals surface area contributed by atoms with Crippen molar-refractivity contribution in [2.45, 2.75) is 12.3 Å². The minimum Gasteiger partial charge on any atom is -0.258 e.